The Bertz CT molecular complexity index is 967. The van der Waals surface area contributed by atoms with Gasteiger partial charge in [0.1, 0.15) is 18.8 Å². The summed E-state index contributed by atoms with van der Waals surface area (Å²) in [6.07, 6.45) is -5.26. The zero-order chi connectivity index (χ0) is 22.5. The highest BCUT2D eigenvalue weighted by atomic mass is 32.1. The van der Waals surface area contributed by atoms with Crippen LogP contribution in [-0.2, 0) is 18.9 Å². The number of thiazole rings is 1. The van der Waals surface area contributed by atoms with Gasteiger partial charge in [-0.1, -0.05) is 11.3 Å². The molecule has 0 saturated heterocycles. The summed E-state index contributed by atoms with van der Waals surface area (Å²) in [6.45, 7) is 2.04. The summed E-state index contributed by atoms with van der Waals surface area (Å²) >= 11 is 0.858. The van der Waals surface area contributed by atoms with Crippen molar-refractivity contribution in [1.82, 2.24) is 15.2 Å². The molecule has 4 N–H and O–H groups in total. The van der Waals surface area contributed by atoms with E-state index in [-0.39, 0.29) is 5.13 Å². The molecule has 0 aliphatic rings. The lowest BCUT2D eigenvalue weighted by Crippen LogP contribution is -2.34. The first kappa shape index (κ1) is 23.9. The van der Waals surface area contributed by atoms with Crippen LogP contribution in [0.5, 0.6) is 5.75 Å². The van der Waals surface area contributed by atoms with Gasteiger partial charge in [0.2, 0.25) is 0 Å². The van der Waals surface area contributed by atoms with Crippen molar-refractivity contribution in [3.63, 3.8) is 0 Å². The molecule has 1 heterocycles. The quantitative estimate of drug-likeness (QED) is 0.303. The second-order valence-corrected chi connectivity index (χ2v) is 9.12. The van der Waals surface area contributed by atoms with Crippen LogP contribution in [0.3, 0.4) is 0 Å². The number of esters is 1. The number of carbonyl (C=O) groups is 2. The van der Waals surface area contributed by atoms with Gasteiger partial charge in [-0.25, -0.2) is 15.2 Å². The van der Waals surface area contributed by atoms with E-state index in [1.54, 1.807) is 13.8 Å². The third-order valence-corrected chi connectivity index (χ3v) is 5.93. The van der Waals surface area contributed by atoms with E-state index in [1.807, 2.05) is 0 Å². The Morgan fingerprint density at radius 3 is 2.53 bits per heavy atom. The van der Waals surface area contributed by atoms with Gasteiger partial charge in [0.25, 0.3) is 0 Å². The number of fused-ring (bicyclic) bond motifs is 1. The van der Waals surface area contributed by atoms with Crippen molar-refractivity contribution in [1.29, 1.82) is 0 Å². The normalized spacial score (nSPS) is 13.8. The van der Waals surface area contributed by atoms with E-state index < -0.39 is 50.8 Å². The van der Waals surface area contributed by atoms with Gasteiger partial charge in [-0.05, 0) is 26.0 Å². The molecule has 10 nitrogen and oxygen atoms in total. The van der Waals surface area contributed by atoms with Gasteiger partial charge < -0.3 is 14.6 Å². The van der Waals surface area contributed by atoms with Crippen molar-refractivity contribution in [2.24, 2.45) is 0 Å². The molecule has 0 saturated carbocycles. The number of rotatable bonds is 10. The van der Waals surface area contributed by atoms with E-state index >= 15 is 0 Å². The van der Waals surface area contributed by atoms with E-state index in [2.05, 4.69) is 25.0 Å². The Morgan fingerprint density at radius 1 is 1.27 bits per heavy atom. The molecule has 0 radical (unpaired) electrons. The van der Waals surface area contributed by atoms with Crippen molar-refractivity contribution in [3.05, 3.63) is 18.2 Å². The van der Waals surface area contributed by atoms with Crippen LogP contribution < -0.4 is 20.0 Å². The van der Waals surface area contributed by atoms with Crippen LogP contribution in [0.4, 0.5) is 18.3 Å². The second-order valence-electron chi connectivity index (χ2n) is 6.02. The Morgan fingerprint density at radius 2 is 1.93 bits per heavy atom. The first-order valence-corrected chi connectivity index (χ1v) is 10.8. The average molecular weight is 470 g/mol. The summed E-state index contributed by atoms with van der Waals surface area (Å²) in [5.41, 5.74) is 0.293. The maximum atomic E-state index is 13.0. The number of aliphatic carboxylic acids is 1. The van der Waals surface area contributed by atoms with Crippen LogP contribution in [0.25, 0.3) is 10.2 Å². The number of alkyl halides is 3. The van der Waals surface area contributed by atoms with Crippen LogP contribution in [0.1, 0.15) is 13.8 Å². The summed E-state index contributed by atoms with van der Waals surface area (Å²) in [4.78, 5) is 26.6. The van der Waals surface area contributed by atoms with Crippen molar-refractivity contribution in [2.75, 3.05) is 18.2 Å². The van der Waals surface area contributed by atoms with E-state index in [4.69, 9.17) is 9.84 Å². The molecule has 0 amide bonds. The first-order chi connectivity index (χ1) is 13.8. The number of nitrogens with zero attached hydrogens (tertiary/aromatic N) is 1. The maximum absolute atomic E-state index is 13.0. The maximum Gasteiger partial charge on any atom is 0.573 e. The molecular formula is C15H18F3N4O6PS. The van der Waals surface area contributed by atoms with Gasteiger partial charge in [-0.2, -0.15) is 0 Å². The number of nitrogens with one attached hydrogen (secondary N) is 3. The number of halogens is 3. The fourth-order valence-corrected chi connectivity index (χ4v) is 4.69. The fourth-order valence-electron chi connectivity index (χ4n) is 2.08. The lowest BCUT2D eigenvalue weighted by molar-refractivity contribution is -0.274. The topological polar surface area (TPSA) is 139 Å². The van der Waals surface area contributed by atoms with Gasteiger partial charge >= 0.3 is 25.9 Å². The molecule has 1 aromatic heterocycles. The molecule has 0 spiro atoms. The number of aromatic nitrogens is 1. The highest BCUT2D eigenvalue weighted by molar-refractivity contribution is 7.62. The Kier molecular flexibility index (Phi) is 7.64. The van der Waals surface area contributed by atoms with E-state index in [9.17, 15) is 27.3 Å². The van der Waals surface area contributed by atoms with Crippen LogP contribution in [0.15, 0.2) is 18.2 Å². The number of hydrogen-bond acceptors (Lipinski definition) is 7. The smallest absolute Gasteiger partial charge is 0.480 e. The second kappa shape index (κ2) is 9.60. The van der Waals surface area contributed by atoms with Crippen molar-refractivity contribution in [2.45, 2.75) is 26.3 Å². The molecule has 15 heteroatoms. The fraction of sp³-hybridized carbons (Fsp3) is 0.400. The summed E-state index contributed by atoms with van der Waals surface area (Å²) in [7, 11) is -3.89. The Labute approximate surface area is 172 Å². The highest BCUT2D eigenvalue weighted by Crippen LogP contribution is 2.40. The predicted molar refractivity (Wildman–Crippen MR) is 102 cm³/mol. The van der Waals surface area contributed by atoms with Gasteiger partial charge in [-0.3, -0.25) is 19.2 Å². The third-order valence-electron chi connectivity index (χ3n) is 3.11. The van der Waals surface area contributed by atoms with E-state index in [1.165, 1.54) is 6.07 Å². The summed E-state index contributed by atoms with van der Waals surface area (Å²) in [5.74, 6) is -2.48. The monoisotopic (exact) mass is 470 g/mol. The summed E-state index contributed by atoms with van der Waals surface area (Å²) in [5, 5.41) is 16.0. The van der Waals surface area contributed by atoms with E-state index in [0.717, 1.165) is 23.5 Å². The van der Waals surface area contributed by atoms with Gasteiger partial charge in [0.15, 0.2) is 5.13 Å². The van der Waals surface area contributed by atoms with Crippen LogP contribution in [0, 0.1) is 0 Å². The molecule has 2 aromatic rings. The first-order valence-electron chi connectivity index (χ1n) is 8.31. The number of carbonyl (C=O) groups excluding carboxylic acids is 1. The molecule has 1 unspecified atom stereocenters. The molecular weight excluding hydrogens is 452 g/mol. The number of ether oxygens (including phenoxy) is 2. The Hall–Kier alpha value is -2.41. The molecule has 2 rings (SSSR count). The minimum absolute atomic E-state index is 0.0140. The minimum atomic E-state index is -4.86. The lowest BCUT2D eigenvalue weighted by atomic mass is 10.3. The van der Waals surface area contributed by atoms with Crippen molar-refractivity contribution in [3.8, 4) is 5.75 Å². The molecule has 0 aliphatic carbocycles. The zero-order valence-corrected chi connectivity index (χ0v) is 17.4. The van der Waals surface area contributed by atoms with Crippen molar-refractivity contribution >= 4 is 46.2 Å². The number of anilines is 1. The molecule has 166 valence electrons. The molecule has 0 aliphatic heterocycles. The number of benzene rings is 1. The van der Waals surface area contributed by atoms with Gasteiger partial charge in [0.05, 0.1) is 16.3 Å². The lowest BCUT2D eigenvalue weighted by Gasteiger charge is -2.20. The van der Waals surface area contributed by atoms with Crippen LogP contribution >= 0.6 is 18.9 Å². The minimum Gasteiger partial charge on any atom is -0.480 e. The Balaban J connectivity index is 2.18. The number of hydrogen-bond donors (Lipinski definition) is 4. The predicted octanol–water partition coefficient (Wildman–Crippen LogP) is 2.93. The standard InChI is InChI=1S/C15H18F3N4O6PS/c1-8(2)27-13(25)7-20-29(26,19-6-12(23)24)22-14-21-10-4-3-9(5-11(10)30-14)28-15(16,17)18/h3-5,8H,6-7H2,1-2H3,(H,23,24)(H3,19,20,21,22,26). The van der Waals surface area contributed by atoms with Gasteiger partial charge in [0, 0.05) is 6.07 Å². The van der Waals surface area contributed by atoms with Crippen LogP contribution in [0.2, 0.25) is 0 Å². The van der Waals surface area contributed by atoms with E-state index in [0.29, 0.717) is 10.2 Å². The summed E-state index contributed by atoms with van der Waals surface area (Å²) in [6, 6.07) is 3.46. The SMILES string of the molecule is CC(C)OC(=O)CNP(=O)(NCC(=O)O)Nc1nc2ccc(OC(F)(F)F)cc2s1. The largest absolute Gasteiger partial charge is 0.573 e. The number of carboxylic acids is 1. The molecule has 0 fully saturated rings. The van der Waals surface area contributed by atoms with Crippen LogP contribution in [-0.4, -0.2) is 47.6 Å². The highest BCUT2D eigenvalue weighted by Gasteiger charge is 2.31. The van der Waals surface area contributed by atoms with Gasteiger partial charge in [-0.15, -0.1) is 13.2 Å². The third kappa shape index (κ3) is 7.78. The average Bonchev–Trinajstić information content (AvgIpc) is 2.97. The number of carboxylic acid groups (broad SMARTS) is 1. The summed E-state index contributed by atoms with van der Waals surface area (Å²) < 4.78 is 59.1. The molecule has 1 atom stereocenters. The van der Waals surface area contributed by atoms with Crippen molar-refractivity contribution < 1.29 is 41.9 Å². The molecule has 1 aromatic carbocycles. The molecule has 0 bridgehead atoms. The zero-order valence-electron chi connectivity index (χ0n) is 15.6. The molecule has 30 heavy (non-hydrogen) atoms.